The van der Waals surface area contributed by atoms with E-state index in [1.165, 1.54) is 12.0 Å². The number of urea groups is 1. The molecule has 1 aliphatic carbocycles. The number of amides is 2. The number of aliphatic hydroxyl groups excluding tert-OH is 1. The normalized spacial score (nSPS) is 28.7. The average Bonchev–Trinajstić information content (AvgIpc) is 2.64. The molecule has 0 spiro atoms. The number of rotatable bonds is 2. The minimum Gasteiger partial charge on any atom is -0.467 e. The zero-order valence-corrected chi connectivity index (χ0v) is 9.89. The highest BCUT2D eigenvalue weighted by molar-refractivity contribution is 5.84. The van der Waals surface area contributed by atoms with Crippen molar-refractivity contribution in [2.75, 3.05) is 13.7 Å². The first-order valence-electron chi connectivity index (χ1n) is 5.95. The number of β-amino-alcohol motifs (C(OH)–C–C–N with tert-alkyl or cyclic N) is 1. The third kappa shape index (κ3) is 2.52. The third-order valence-corrected chi connectivity index (χ3v) is 3.45. The van der Waals surface area contributed by atoms with Crippen LogP contribution in [0, 0.1) is 0 Å². The molecule has 0 radical (unpaired) electrons. The lowest BCUT2D eigenvalue weighted by atomic mass is 9.93. The monoisotopic (exact) mass is 242 g/mol. The van der Waals surface area contributed by atoms with Crippen LogP contribution in [0.4, 0.5) is 4.79 Å². The lowest BCUT2D eigenvalue weighted by Gasteiger charge is -2.30. The summed E-state index contributed by atoms with van der Waals surface area (Å²) in [4.78, 5) is 24.8. The van der Waals surface area contributed by atoms with Gasteiger partial charge in [0.25, 0.3) is 0 Å². The van der Waals surface area contributed by atoms with E-state index in [9.17, 15) is 14.7 Å². The fraction of sp³-hybridized carbons (Fsp3) is 0.818. The summed E-state index contributed by atoms with van der Waals surface area (Å²) < 4.78 is 4.64. The van der Waals surface area contributed by atoms with Crippen molar-refractivity contribution in [1.82, 2.24) is 10.2 Å². The maximum atomic E-state index is 11.9. The van der Waals surface area contributed by atoms with Gasteiger partial charge in [-0.25, -0.2) is 9.59 Å². The van der Waals surface area contributed by atoms with E-state index in [-0.39, 0.29) is 25.0 Å². The second kappa shape index (κ2) is 4.91. The SMILES string of the molecule is COC(=O)C1CC(O)CN1C(=O)NC1CCC1. The van der Waals surface area contributed by atoms with Gasteiger partial charge in [0.05, 0.1) is 13.2 Å². The number of hydrogen-bond acceptors (Lipinski definition) is 4. The van der Waals surface area contributed by atoms with Crippen molar-refractivity contribution in [3.8, 4) is 0 Å². The van der Waals surface area contributed by atoms with E-state index in [1.807, 2.05) is 0 Å². The Labute approximate surface area is 99.9 Å². The molecule has 6 nitrogen and oxygen atoms in total. The number of likely N-dealkylation sites (tertiary alicyclic amines) is 1. The maximum Gasteiger partial charge on any atom is 0.328 e. The van der Waals surface area contributed by atoms with E-state index in [0.29, 0.717) is 0 Å². The molecule has 0 aromatic rings. The zero-order valence-electron chi connectivity index (χ0n) is 9.89. The Morgan fingerprint density at radius 1 is 1.41 bits per heavy atom. The van der Waals surface area contributed by atoms with Crippen LogP contribution >= 0.6 is 0 Å². The number of carbonyl (C=O) groups excluding carboxylic acids is 2. The molecule has 2 fully saturated rings. The molecule has 2 N–H and O–H groups in total. The second-order valence-electron chi connectivity index (χ2n) is 4.66. The van der Waals surface area contributed by atoms with E-state index >= 15 is 0 Å². The van der Waals surface area contributed by atoms with Gasteiger partial charge in [-0.05, 0) is 19.3 Å². The fourth-order valence-electron chi connectivity index (χ4n) is 2.21. The Morgan fingerprint density at radius 2 is 2.12 bits per heavy atom. The van der Waals surface area contributed by atoms with Crippen molar-refractivity contribution < 1.29 is 19.4 Å². The molecule has 1 heterocycles. The van der Waals surface area contributed by atoms with Crippen molar-refractivity contribution in [2.45, 2.75) is 43.9 Å². The van der Waals surface area contributed by atoms with Gasteiger partial charge in [-0.3, -0.25) is 0 Å². The van der Waals surface area contributed by atoms with Gasteiger partial charge in [-0.2, -0.15) is 0 Å². The van der Waals surface area contributed by atoms with E-state index in [4.69, 9.17) is 0 Å². The molecule has 96 valence electrons. The molecular weight excluding hydrogens is 224 g/mol. The highest BCUT2D eigenvalue weighted by atomic mass is 16.5. The molecular formula is C11H18N2O4. The molecule has 2 aliphatic rings. The summed E-state index contributed by atoms with van der Waals surface area (Å²) in [6.45, 7) is 0.193. The van der Waals surface area contributed by atoms with Gasteiger partial charge in [-0.15, -0.1) is 0 Å². The standard InChI is InChI=1S/C11H18N2O4/c1-17-10(15)9-5-8(14)6-13(9)11(16)12-7-3-2-4-7/h7-9,14H,2-6H2,1H3,(H,12,16). The van der Waals surface area contributed by atoms with Crippen molar-refractivity contribution >= 4 is 12.0 Å². The largest absolute Gasteiger partial charge is 0.467 e. The molecule has 1 saturated carbocycles. The summed E-state index contributed by atoms with van der Waals surface area (Å²) in [5, 5.41) is 12.4. The summed E-state index contributed by atoms with van der Waals surface area (Å²) in [7, 11) is 1.29. The first kappa shape index (κ1) is 12.2. The molecule has 2 amide bonds. The summed E-state index contributed by atoms with van der Waals surface area (Å²) in [6, 6.07) is -0.713. The zero-order chi connectivity index (χ0) is 12.4. The quantitative estimate of drug-likeness (QED) is 0.660. The predicted octanol–water partition coefficient (Wildman–Crippen LogP) is -0.143. The Balaban J connectivity index is 1.96. The third-order valence-electron chi connectivity index (χ3n) is 3.45. The molecule has 1 saturated heterocycles. The topological polar surface area (TPSA) is 78.9 Å². The van der Waals surface area contributed by atoms with E-state index in [1.54, 1.807) is 0 Å². The number of carbonyl (C=O) groups is 2. The van der Waals surface area contributed by atoms with Crippen LogP contribution in [0.15, 0.2) is 0 Å². The highest BCUT2D eigenvalue weighted by Gasteiger charge is 2.40. The number of nitrogens with zero attached hydrogens (tertiary/aromatic N) is 1. The van der Waals surface area contributed by atoms with E-state index in [0.717, 1.165) is 19.3 Å². The minimum atomic E-state index is -0.657. The number of methoxy groups -OCH3 is 1. The molecule has 6 heteroatoms. The van der Waals surface area contributed by atoms with Crippen molar-refractivity contribution in [1.29, 1.82) is 0 Å². The highest BCUT2D eigenvalue weighted by Crippen LogP contribution is 2.22. The minimum absolute atomic E-state index is 0.193. The first-order chi connectivity index (χ1) is 8.11. The lowest BCUT2D eigenvalue weighted by Crippen LogP contribution is -2.51. The number of nitrogens with one attached hydrogen (secondary N) is 1. The van der Waals surface area contributed by atoms with Crippen molar-refractivity contribution in [3.05, 3.63) is 0 Å². The fourth-order valence-corrected chi connectivity index (χ4v) is 2.21. The van der Waals surface area contributed by atoms with Crippen LogP contribution in [0.1, 0.15) is 25.7 Å². The molecule has 17 heavy (non-hydrogen) atoms. The summed E-state index contributed by atoms with van der Waals surface area (Å²) in [5.41, 5.74) is 0. The molecule has 2 atom stereocenters. The van der Waals surface area contributed by atoms with E-state index in [2.05, 4.69) is 10.1 Å². The predicted molar refractivity (Wildman–Crippen MR) is 59.3 cm³/mol. The van der Waals surface area contributed by atoms with Crippen LogP contribution in [0.5, 0.6) is 0 Å². The number of aliphatic hydroxyl groups is 1. The van der Waals surface area contributed by atoms with Gasteiger partial charge in [0, 0.05) is 19.0 Å². The average molecular weight is 242 g/mol. The van der Waals surface area contributed by atoms with Crippen LogP contribution in [0.3, 0.4) is 0 Å². The Morgan fingerprint density at radius 3 is 2.65 bits per heavy atom. The smallest absolute Gasteiger partial charge is 0.328 e. The number of hydrogen-bond donors (Lipinski definition) is 2. The van der Waals surface area contributed by atoms with Gasteiger partial charge in [0.15, 0.2) is 0 Å². The summed E-state index contributed by atoms with van der Waals surface area (Å²) >= 11 is 0. The van der Waals surface area contributed by atoms with Crippen molar-refractivity contribution in [2.24, 2.45) is 0 Å². The number of esters is 1. The van der Waals surface area contributed by atoms with Gasteiger partial charge in [-0.1, -0.05) is 0 Å². The second-order valence-corrected chi connectivity index (χ2v) is 4.66. The van der Waals surface area contributed by atoms with Crippen LogP contribution in [-0.2, 0) is 9.53 Å². The van der Waals surface area contributed by atoms with Crippen LogP contribution in [0.25, 0.3) is 0 Å². The molecule has 0 aromatic heterocycles. The van der Waals surface area contributed by atoms with E-state index < -0.39 is 18.1 Å². The molecule has 0 aromatic carbocycles. The summed E-state index contributed by atoms with van der Waals surface area (Å²) in [5.74, 6) is -0.467. The van der Waals surface area contributed by atoms with Crippen LogP contribution in [0.2, 0.25) is 0 Å². The van der Waals surface area contributed by atoms with Crippen LogP contribution in [-0.4, -0.2) is 53.8 Å². The maximum absolute atomic E-state index is 11.9. The van der Waals surface area contributed by atoms with Crippen LogP contribution < -0.4 is 5.32 Å². The first-order valence-corrected chi connectivity index (χ1v) is 5.95. The van der Waals surface area contributed by atoms with Crippen molar-refractivity contribution in [3.63, 3.8) is 0 Å². The van der Waals surface area contributed by atoms with Gasteiger partial charge in [0.1, 0.15) is 6.04 Å². The molecule has 2 unspecified atom stereocenters. The summed E-state index contributed by atoms with van der Waals surface area (Å²) in [6.07, 6.45) is 2.72. The molecule has 1 aliphatic heterocycles. The molecule has 2 rings (SSSR count). The Bertz CT molecular complexity index is 317. The number of ether oxygens (including phenoxy) is 1. The van der Waals surface area contributed by atoms with Gasteiger partial charge in [0.2, 0.25) is 0 Å². The Kier molecular flexibility index (Phi) is 3.51. The Hall–Kier alpha value is -1.30. The lowest BCUT2D eigenvalue weighted by molar-refractivity contribution is -0.145. The molecule has 0 bridgehead atoms. The van der Waals surface area contributed by atoms with Gasteiger partial charge < -0.3 is 20.1 Å². The van der Waals surface area contributed by atoms with Gasteiger partial charge >= 0.3 is 12.0 Å².